The average Bonchev–Trinajstić information content (AvgIpc) is 3.04. The summed E-state index contributed by atoms with van der Waals surface area (Å²) in [5, 5.41) is 4.62. The molecule has 0 aliphatic heterocycles. The van der Waals surface area contributed by atoms with Gasteiger partial charge in [-0.3, -0.25) is 4.79 Å². The molecule has 7 nitrogen and oxygen atoms in total. The first-order valence-corrected chi connectivity index (χ1v) is 12.0. The van der Waals surface area contributed by atoms with Crippen LogP contribution in [-0.2, 0) is 21.4 Å². The number of carbonyl (C=O) groups excluding carboxylic acids is 1. The molecule has 0 aliphatic carbocycles. The summed E-state index contributed by atoms with van der Waals surface area (Å²) in [4.78, 5) is 14.5. The van der Waals surface area contributed by atoms with Crippen LogP contribution in [0.1, 0.15) is 34.5 Å². The van der Waals surface area contributed by atoms with Crippen molar-refractivity contribution in [1.82, 2.24) is 19.4 Å². The van der Waals surface area contributed by atoms with E-state index in [2.05, 4.69) is 9.82 Å². The number of nitrogens with zero attached hydrogens (tertiary/aromatic N) is 3. The van der Waals surface area contributed by atoms with Crippen LogP contribution in [0.4, 0.5) is 0 Å². The van der Waals surface area contributed by atoms with Crippen LogP contribution in [-0.4, -0.2) is 42.6 Å². The van der Waals surface area contributed by atoms with E-state index in [0.29, 0.717) is 12.1 Å². The molecule has 0 atom stereocenters. The van der Waals surface area contributed by atoms with Crippen molar-refractivity contribution in [3.8, 4) is 5.69 Å². The van der Waals surface area contributed by atoms with E-state index in [0.717, 1.165) is 28.2 Å². The molecule has 0 aliphatic rings. The first-order valence-electron chi connectivity index (χ1n) is 10.5. The van der Waals surface area contributed by atoms with Crippen molar-refractivity contribution < 1.29 is 13.2 Å². The molecule has 0 fully saturated rings. The van der Waals surface area contributed by atoms with Crippen molar-refractivity contribution in [2.45, 2.75) is 45.6 Å². The number of rotatable bonds is 8. The minimum atomic E-state index is -3.67. The molecule has 0 saturated carbocycles. The number of hydrogen-bond acceptors (Lipinski definition) is 4. The molecule has 0 unspecified atom stereocenters. The van der Waals surface area contributed by atoms with E-state index in [9.17, 15) is 13.2 Å². The molecular weight excluding hydrogens is 424 g/mol. The quantitative estimate of drug-likeness (QED) is 0.565. The summed E-state index contributed by atoms with van der Waals surface area (Å²) < 4.78 is 29.7. The summed E-state index contributed by atoms with van der Waals surface area (Å²) in [7, 11) is -1.95. The van der Waals surface area contributed by atoms with Crippen LogP contribution in [0.5, 0.6) is 0 Å². The van der Waals surface area contributed by atoms with Crippen molar-refractivity contribution in [1.29, 1.82) is 0 Å². The van der Waals surface area contributed by atoms with Gasteiger partial charge in [-0.05, 0) is 57.0 Å². The third-order valence-corrected chi connectivity index (χ3v) is 7.13. The van der Waals surface area contributed by atoms with Crippen LogP contribution in [0.15, 0.2) is 53.4 Å². The topological polar surface area (TPSA) is 84.3 Å². The maximum absolute atomic E-state index is 12.7. The zero-order chi connectivity index (χ0) is 23.5. The molecule has 8 heteroatoms. The molecule has 1 heterocycles. The Morgan fingerprint density at radius 3 is 2.44 bits per heavy atom. The van der Waals surface area contributed by atoms with E-state index >= 15 is 0 Å². The fourth-order valence-corrected chi connectivity index (χ4v) is 4.97. The number of amides is 1. The van der Waals surface area contributed by atoms with E-state index in [4.69, 9.17) is 0 Å². The van der Waals surface area contributed by atoms with Crippen LogP contribution in [0.3, 0.4) is 0 Å². The molecule has 2 aromatic carbocycles. The minimum Gasteiger partial charge on any atom is -0.341 e. The van der Waals surface area contributed by atoms with Gasteiger partial charge in [-0.2, -0.15) is 5.10 Å². The van der Waals surface area contributed by atoms with E-state index in [1.165, 1.54) is 0 Å². The van der Waals surface area contributed by atoms with Gasteiger partial charge in [0, 0.05) is 37.8 Å². The van der Waals surface area contributed by atoms with Crippen LogP contribution < -0.4 is 4.72 Å². The van der Waals surface area contributed by atoms with Gasteiger partial charge in [0.25, 0.3) is 0 Å². The molecule has 0 radical (unpaired) electrons. The van der Waals surface area contributed by atoms with Gasteiger partial charge in [0.2, 0.25) is 15.9 Å². The second-order valence-electron chi connectivity index (χ2n) is 8.06. The Morgan fingerprint density at radius 1 is 1.06 bits per heavy atom. The number of para-hydroxylation sites is 1. The number of carbonyl (C=O) groups is 1. The third-order valence-electron chi connectivity index (χ3n) is 5.53. The first-order chi connectivity index (χ1) is 15.1. The zero-order valence-corrected chi connectivity index (χ0v) is 20.0. The Hall–Kier alpha value is -2.97. The summed E-state index contributed by atoms with van der Waals surface area (Å²) in [6, 6.07) is 15.1. The minimum absolute atomic E-state index is 0.0418. The highest BCUT2D eigenvalue weighted by Gasteiger charge is 2.20. The lowest BCUT2D eigenvalue weighted by atomic mass is 10.2. The predicted molar refractivity (Wildman–Crippen MR) is 125 cm³/mol. The molecule has 0 bridgehead atoms. The molecule has 3 rings (SSSR count). The van der Waals surface area contributed by atoms with Crippen molar-refractivity contribution in [3.63, 3.8) is 0 Å². The standard InChI is InChI=1S/C24H30N4O3S/c1-17-11-12-18(2)23(15-17)32(30,31)25-14-13-24(29)27(5)16-22-19(3)26-28(20(22)4)21-9-7-6-8-10-21/h6-12,15,25H,13-14,16H2,1-5H3. The zero-order valence-electron chi connectivity index (χ0n) is 19.2. The van der Waals surface area contributed by atoms with Gasteiger partial charge in [-0.25, -0.2) is 17.8 Å². The Kier molecular flexibility index (Phi) is 7.16. The van der Waals surface area contributed by atoms with Crippen molar-refractivity contribution in [2.75, 3.05) is 13.6 Å². The second-order valence-corrected chi connectivity index (χ2v) is 9.80. The second kappa shape index (κ2) is 9.67. The Balaban J connectivity index is 1.62. The molecule has 0 saturated heterocycles. The van der Waals surface area contributed by atoms with E-state index < -0.39 is 10.0 Å². The normalized spacial score (nSPS) is 11.5. The number of aromatic nitrogens is 2. The fourth-order valence-electron chi connectivity index (χ4n) is 3.61. The lowest BCUT2D eigenvalue weighted by molar-refractivity contribution is -0.130. The largest absolute Gasteiger partial charge is 0.341 e. The van der Waals surface area contributed by atoms with Crippen molar-refractivity contribution in [3.05, 3.63) is 76.6 Å². The molecule has 0 spiro atoms. The van der Waals surface area contributed by atoms with Gasteiger partial charge in [-0.15, -0.1) is 0 Å². The average molecular weight is 455 g/mol. The van der Waals surface area contributed by atoms with Gasteiger partial charge in [0.1, 0.15) is 0 Å². The summed E-state index contributed by atoms with van der Waals surface area (Å²) in [6.45, 7) is 7.97. The summed E-state index contributed by atoms with van der Waals surface area (Å²) in [5.41, 5.74) is 5.34. The van der Waals surface area contributed by atoms with E-state index in [1.54, 1.807) is 31.0 Å². The molecule has 1 aromatic heterocycles. The third kappa shape index (κ3) is 5.26. The molecule has 170 valence electrons. The smallest absolute Gasteiger partial charge is 0.240 e. The lowest BCUT2D eigenvalue weighted by Gasteiger charge is -2.18. The summed E-state index contributed by atoms with van der Waals surface area (Å²) in [5.74, 6) is -0.139. The number of benzene rings is 2. The van der Waals surface area contributed by atoms with Crippen molar-refractivity contribution in [2.24, 2.45) is 0 Å². The van der Waals surface area contributed by atoms with Gasteiger partial charge in [0.15, 0.2) is 0 Å². The van der Waals surface area contributed by atoms with Crippen molar-refractivity contribution >= 4 is 15.9 Å². The predicted octanol–water partition coefficient (Wildman–Crippen LogP) is 3.43. The Labute approximate surface area is 190 Å². The Bertz CT molecular complexity index is 1220. The van der Waals surface area contributed by atoms with Gasteiger partial charge in [-0.1, -0.05) is 30.3 Å². The fraction of sp³-hybridized carbons (Fsp3) is 0.333. The molecular formula is C24H30N4O3S. The highest BCUT2D eigenvalue weighted by molar-refractivity contribution is 7.89. The Morgan fingerprint density at radius 2 is 1.75 bits per heavy atom. The number of hydrogen-bond donors (Lipinski definition) is 1. The molecule has 1 N–H and O–H groups in total. The van der Waals surface area contributed by atoms with E-state index in [-0.39, 0.29) is 23.8 Å². The highest BCUT2D eigenvalue weighted by Crippen LogP contribution is 2.20. The monoisotopic (exact) mass is 454 g/mol. The maximum Gasteiger partial charge on any atom is 0.240 e. The number of aryl methyl sites for hydroxylation is 3. The molecule has 32 heavy (non-hydrogen) atoms. The molecule has 1 amide bonds. The number of nitrogens with one attached hydrogen (secondary N) is 1. The first kappa shape index (κ1) is 23.7. The van der Waals surface area contributed by atoms with E-state index in [1.807, 2.05) is 61.9 Å². The van der Waals surface area contributed by atoms with Crippen LogP contribution >= 0.6 is 0 Å². The van der Waals surface area contributed by atoms with Crippen LogP contribution in [0.25, 0.3) is 5.69 Å². The molecule has 3 aromatic rings. The van der Waals surface area contributed by atoms with Gasteiger partial charge < -0.3 is 4.90 Å². The van der Waals surface area contributed by atoms with Crippen LogP contribution in [0.2, 0.25) is 0 Å². The van der Waals surface area contributed by atoms with Gasteiger partial charge >= 0.3 is 0 Å². The highest BCUT2D eigenvalue weighted by atomic mass is 32.2. The maximum atomic E-state index is 12.7. The number of sulfonamides is 1. The lowest BCUT2D eigenvalue weighted by Crippen LogP contribution is -2.32. The SMILES string of the molecule is Cc1ccc(C)c(S(=O)(=O)NCCC(=O)N(C)Cc2c(C)nn(-c3ccccc3)c2C)c1. The summed E-state index contributed by atoms with van der Waals surface area (Å²) in [6.07, 6.45) is 0.0749. The van der Waals surface area contributed by atoms with Gasteiger partial charge in [0.05, 0.1) is 16.3 Å². The van der Waals surface area contributed by atoms with Crippen LogP contribution in [0, 0.1) is 27.7 Å². The summed E-state index contributed by atoms with van der Waals surface area (Å²) >= 11 is 0.